The van der Waals surface area contributed by atoms with Crippen LogP contribution in [0.1, 0.15) is 23.3 Å². The molecule has 18 heavy (non-hydrogen) atoms. The molecule has 0 amide bonds. The number of rotatable bonds is 6. The lowest BCUT2D eigenvalue weighted by Crippen LogP contribution is -2.30. The number of likely N-dealkylation sites (N-methyl/N-ethyl adjacent to an activating group) is 1. The Hall–Kier alpha value is -1.59. The maximum atomic E-state index is 5.46. The molecule has 98 valence electrons. The third kappa shape index (κ3) is 3.21. The van der Waals surface area contributed by atoms with Crippen molar-refractivity contribution in [2.75, 3.05) is 20.6 Å². The van der Waals surface area contributed by atoms with E-state index in [1.54, 1.807) is 6.26 Å². The smallest absolute Gasteiger partial charge is 0.122 e. The fraction of sp³-hybridized carbons (Fsp3) is 0.462. The van der Waals surface area contributed by atoms with Gasteiger partial charge >= 0.3 is 0 Å². The van der Waals surface area contributed by atoms with Gasteiger partial charge in [0.05, 0.1) is 12.3 Å². The molecule has 5 nitrogen and oxygen atoms in total. The van der Waals surface area contributed by atoms with Gasteiger partial charge in [-0.1, -0.05) is 0 Å². The lowest BCUT2D eigenvalue weighted by molar-refractivity contribution is 0.250. The minimum Gasteiger partial charge on any atom is -0.468 e. The monoisotopic (exact) mass is 248 g/mol. The van der Waals surface area contributed by atoms with Crippen molar-refractivity contribution in [1.82, 2.24) is 20.2 Å². The summed E-state index contributed by atoms with van der Waals surface area (Å²) >= 11 is 0. The molecule has 0 saturated heterocycles. The molecular weight excluding hydrogens is 228 g/mol. The van der Waals surface area contributed by atoms with Crippen LogP contribution in [0.3, 0.4) is 0 Å². The largest absolute Gasteiger partial charge is 0.468 e. The molecule has 2 aromatic heterocycles. The SMILES string of the molecule is Cc1ncc(CNCC(c2ccco2)N(C)C)[nH]1. The number of hydrogen-bond acceptors (Lipinski definition) is 4. The lowest BCUT2D eigenvalue weighted by Gasteiger charge is -2.22. The molecule has 0 aliphatic heterocycles. The molecule has 2 N–H and O–H groups in total. The van der Waals surface area contributed by atoms with Gasteiger partial charge in [0, 0.05) is 25.0 Å². The van der Waals surface area contributed by atoms with E-state index >= 15 is 0 Å². The van der Waals surface area contributed by atoms with Gasteiger partial charge in [-0.05, 0) is 33.2 Å². The number of hydrogen-bond donors (Lipinski definition) is 2. The topological polar surface area (TPSA) is 57.1 Å². The highest BCUT2D eigenvalue weighted by atomic mass is 16.3. The van der Waals surface area contributed by atoms with Crippen molar-refractivity contribution in [2.45, 2.75) is 19.5 Å². The quantitative estimate of drug-likeness (QED) is 0.817. The van der Waals surface area contributed by atoms with Gasteiger partial charge in [-0.3, -0.25) is 4.90 Å². The Morgan fingerprint density at radius 1 is 1.50 bits per heavy atom. The molecule has 1 atom stereocenters. The van der Waals surface area contributed by atoms with E-state index in [9.17, 15) is 0 Å². The summed E-state index contributed by atoms with van der Waals surface area (Å²) in [4.78, 5) is 9.52. The van der Waals surface area contributed by atoms with E-state index < -0.39 is 0 Å². The van der Waals surface area contributed by atoms with Crippen LogP contribution in [-0.2, 0) is 6.54 Å². The fourth-order valence-corrected chi connectivity index (χ4v) is 1.92. The minimum absolute atomic E-state index is 0.240. The third-order valence-corrected chi connectivity index (χ3v) is 2.90. The van der Waals surface area contributed by atoms with Gasteiger partial charge in [0.25, 0.3) is 0 Å². The Morgan fingerprint density at radius 3 is 2.89 bits per heavy atom. The second kappa shape index (κ2) is 5.84. The predicted molar refractivity (Wildman–Crippen MR) is 70.2 cm³/mol. The van der Waals surface area contributed by atoms with E-state index in [1.165, 1.54) is 0 Å². The summed E-state index contributed by atoms with van der Waals surface area (Å²) in [6.07, 6.45) is 3.57. The van der Waals surface area contributed by atoms with E-state index in [-0.39, 0.29) is 6.04 Å². The van der Waals surface area contributed by atoms with Gasteiger partial charge in [0.1, 0.15) is 11.6 Å². The average Bonchev–Trinajstić information content (AvgIpc) is 2.95. The second-order valence-corrected chi connectivity index (χ2v) is 4.62. The van der Waals surface area contributed by atoms with Crippen LogP contribution in [0.2, 0.25) is 0 Å². The Kier molecular flexibility index (Phi) is 4.17. The van der Waals surface area contributed by atoms with Gasteiger partial charge in [0.2, 0.25) is 0 Å². The number of H-pyrrole nitrogens is 1. The first-order valence-corrected chi connectivity index (χ1v) is 6.08. The molecule has 2 heterocycles. The summed E-state index contributed by atoms with van der Waals surface area (Å²) < 4.78 is 5.46. The van der Waals surface area contributed by atoms with Crippen LogP contribution < -0.4 is 5.32 Å². The van der Waals surface area contributed by atoms with E-state index in [4.69, 9.17) is 4.42 Å². The summed E-state index contributed by atoms with van der Waals surface area (Å²) in [6.45, 7) is 3.57. The van der Waals surface area contributed by atoms with Crippen LogP contribution >= 0.6 is 0 Å². The van der Waals surface area contributed by atoms with Crippen LogP contribution in [0.4, 0.5) is 0 Å². The number of aromatic nitrogens is 2. The average molecular weight is 248 g/mol. The van der Waals surface area contributed by atoms with Crippen LogP contribution in [0, 0.1) is 6.92 Å². The van der Waals surface area contributed by atoms with Crippen molar-refractivity contribution in [2.24, 2.45) is 0 Å². The van der Waals surface area contributed by atoms with Gasteiger partial charge < -0.3 is 14.7 Å². The molecule has 0 saturated carbocycles. The van der Waals surface area contributed by atoms with E-state index in [2.05, 4.69) is 34.3 Å². The lowest BCUT2D eigenvalue weighted by atomic mass is 10.2. The Morgan fingerprint density at radius 2 is 2.33 bits per heavy atom. The first kappa shape index (κ1) is 12.9. The minimum atomic E-state index is 0.240. The van der Waals surface area contributed by atoms with E-state index in [1.807, 2.05) is 25.3 Å². The summed E-state index contributed by atoms with van der Waals surface area (Å²) in [5.74, 6) is 1.93. The zero-order valence-corrected chi connectivity index (χ0v) is 11.1. The zero-order chi connectivity index (χ0) is 13.0. The summed E-state index contributed by atoms with van der Waals surface area (Å²) in [6, 6.07) is 4.17. The molecule has 5 heteroatoms. The van der Waals surface area contributed by atoms with Crippen LogP contribution in [0.5, 0.6) is 0 Å². The maximum absolute atomic E-state index is 5.46. The maximum Gasteiger partial charge on any atom is 0.122 e. The van der Waals surface area contributed by atoms with Crippen molar-refractivity contribution in [3.8, 4) is 0 Å². The molecule has 0 aromatic carbocycles. The Bertz CT molecular complexity index is 461. The standard InChI is InChI=1S/C13H20N4O/c1-10-15-8-11(16-10)7-14-9-12(17(2)3)13-5-4-6-18-13/h4-6,8,12,14H,7,9H2,1-3H3,(H,15,16). The number of nitrogens with one attached hydrogen (secondary N) is 2. The number of furan rings is 1. The molecule has 0 spiro atoms. The van der Waals surface area contributed by atoms with Crippen molar-refractivity contribution >= 4 is 0 Å². The molecule has 0 aliphatic carbocycles. The molecule has 0 aliphatic rings. The normalized spacial score (nSPS) is 13.1. The Labute approximate surface area is 107 Å². The highest BCUT2D eigenvalue weighted by Crippen LogP contribution is 2.17. The fourth-order valence-electron chi connectivity index (χ4n) is 1.92. The Balaban J connectivity index is 1.87. The molecule has 2 rings (SSSR count). The second-order valence-electron chi connectivity index (χ2n) is 4.62. The van der Waals surface area contributed by atoms with Crippen molar-refractivity contribution < 1.29 is 4.42 Å². The van der Waals surface area contributed by atoms with E-state index in [0.29, 0.717) is 0 Å². The number of imidazole rings is 1. The van der Waals surface area contributed by atoms with Crippen LogP contribution in [-0.4, -0.2) is 35.5 Å². The first-order valence-electron chi connectivity index (χ1n) is 6.08. The van der Waals surface area contributed by atoms with Crippen molar-refractivity contribution in [3.05, 3.63) is 41.9 Å². The van der Waals surface area contributed by atoms with Gasteiger partial charge in [-0.2, -0.15) is 0 Å². The first-order chi connectivity index (χ1) is 8.66. The molecular formula is C13H20N4O. The number of nitrogens with zero attached hydrogens (tertiary/aromatic N) is 2. The third-order valence-electron chi connectivity index (χ3n) is 2.90. The molecule has 0 fully saturated rings. The molecule has 0 bridgehead atoms. The summed E-state index contributed by atoms with van der Waals surface area (Å²) in [7, 11) is 4.10. The van der Waals surface area contributed by atoms with Gasteiger partial charge in [-0.25, -0.2) is 4.98 Å². The van der Waals surface area contributed by atoms with Gasteiger partial charge in [-0.15, -0.1) is 0 Å². The predicted octanol–water partition coefficient (Wildman–Crippen LogP) is 1.70. The van der Waals surface area contributed by atoms with Crippen molar-refractivity contribution in [1.29, 1.82) is 0 Å². The van der Waals surface area contributed by atoms with Crippen molar-refractivity contribution in [3.63, 3.8) is 0 Å². The zero-order valence-electron chi connectivity index (χ0n) is 11.1. The molecule has 1 unspecified atom stereocenters. The summed E-state index contributed by atoms with van der Waals surface area (Å²) in [5, 5.41) is 3.41. The summed E-state index contributed by atoms with van der Waals surface area (Å²) in [5.41, 5.74) is 1.10. The van der Waals surface area contributed by atoms with Crippen LogP contribution in [0.15, 0.2) is 29.0 Å². The van der Waals surface area contributed by atoms with Crippen LogP contribution in [0.25, 0.3) is 0 Å². The molecule has 2 aromatic rings. The highest BCUT2D eigenvalue weighted by molar-refractivity contribution is 5.05. The number of aryl methyl sites for hydroxylation is 1. The van der Waals surface area contributed by atoms with E-state index in [0.717, 1.165) is 30.4 Å². The van der Waals surface area contributed by atoms with Gasteiger partial charge in [0.15, 0.2) is 0 Å². The highest BCUT2D eigenvalue weighted by Gasteiger charge is 2.16. The molecule has 0 radical (unpaired) electrons. The number of aromatic amines is 1.